The molecule has 1 N–H and O–H groups in total. The average molecular weight is 382 g/mol. The van der Waals surface area contributed by atoms with Crippen molar-refractivity contribution in [3.8, 4) is 0 Å². The molecule has 1 saturated heterocycles. The highest BCUT2D eigenvalue weighted by Crippen LogP contribution is 2.35. The highest BCUT2D eigenvalue weighted by Gasteiger charge is 2.34. The number of hydrogen-bond acceptors (Lipinski definition) is 5. The van der Waals surface area contributed by atoms with E-state index in [1.54, 1.807) is 18.0 Å². The summed E-state index contributed by atoms with van der Waals surface area (Å²) in [6, 6.07) is 9.07. The number of aliphatic imine (C=N–C) groups is 1. The molecule has 0 radical (unpaired) electrons. The first-order valence-electron chi connectivity index (χ1n) is 7.40. The monoisotopic (exact) mass is 381 g/mol. The van der Waals surface area contributed by atoms with Gasteiger partial charge in [-0.05, 0) is 17.5 Å². The van der Waals surface area contributed by atoms with Crippen LogP contribution in [-0.2, 0) is 24.2 Å². The van der Waals surface area contributed by atoms with Crippen LogP contribution in [0.3, 0.4) is 0 Å². The molecule has 1 aromatic carbocycles. The van der Waals surface area contributed by atoms with Crippen LogP contribution in [0.1, 0.15) is 16.0 Å². The van der Waals surface area contributed by atoms with Gasteiger partial charge in [-0.3, -0.25) is 4.79 Å². The second-order valence-electron chi connectivity index (χ2n) is 5.64. The van der Waals surface area contributed by atoms with E-state index in [1.165, 1.54) is 22.5 Å². The van der Waals surface area contributed by atoms with Crippen LogP contribution >= 0.6 is 35.5 Å². The number of nitrogens with zero attached hydrogens (tertiary/aromatic N) is 3. The molecule has 5 nitrogen and oxygen atoms in total. The predicted molar refractivity (Wildman–Crippen MR) is 99.7 cm³/mol. The van der Waals surface area contributed by atoms with Gasteiger partial charge in [0.15, 0.2) is 5.17 Å². The maximum absolute atomic E-state index is 10.8. The van der Waals surface area contributed by atoms with Crippen LogP contribution in [0.2, 0.25) is 0 Å². The van der Waals surface area contributed by atoms with Crippen LogP contribution in [0.5, 0.6) is 0 Å². The number of carboxylic acids is 1. The van der Waals surface area contributed by atoms with E-state index >= 15 is 0 Å². The zero-order valence-corrected chi connectivity index (χ0v) is 15.2. The molecule has 0 amide bonds. The first-order valence-corrected chi connectivity index (χ1v) is 9.20. The normalized spacial score (nSPS) is 20.4. The lowest BCUT2D eigenvalue weighted by molar-refractivity contribution is -0.136. The minimum atomic E-state index is -0.837. The van der Waals surface area contributed by atoms with Crippen molar-refractivity contribution < 1.29 is 9.90 Å². The van der Waals surface area contributed by atoms with Crippen molar-refractivity contribution in [1.29, 1.82) is 0 Å². The maximum Gasteiger partial charge on any atom is 0.308 e. The molecular formula is C16H16ClN3O2S2. The van der Waals surface area contributed by atoms with E-state index in [4.69, 9.17) is 5.11 Å². The molecule has 8 heteroatoms. The molecular weight excluding hydrogens is 366 g/mol. The van der Waals surface area contributed by atoms with Crippen molar-refractivity contribution in [3.63, 3.8) is 0 Å². The molecule has 1 fully saturated rings. The Morgan fingerprint density at radius 2 is 2.17 bits per heavy atom. The van der Waals surface area contributed by atoms with Crippen LogP contribution in [0.4, 0.5) is 5.13 Å². The minimum absolute atomic E-state index is 0. The van der Waals surface area contributed by atoms with Crippen molar-refractivity contribution in [2.45, 2.75) is 25.4 Å². The van der Waals surface area contributed by atoms with Crippen LogP contribution in [-0.4, -0.2) is 37.9 Å². The topological polar surface area (TPSA) is 65.8 Å². The number of benzene rings is 1. The van der Waals surface area contributed by atoms with Gasteiger partial charge in [-0.25, -0.2) is 4.98 Å². The van der Waals surface area contributed by atoms with Gasteiger partial charge >= 0.3 is 5.97 Å². The van der Waals surface area contributed by atoms with Crippen molar-refractivity contribution in [2.75, 3.05) is 5.75 Å². The molecule has 2 aromatic rings. The van der Waals surface area contributed by atoms with Gasteiger partial charge in [0.2, 0.25) is 5.13 Å². The van der Waals surface area contributed by atoms with Crippen LogP contribution in [0.25, 0.3) is 0 Å². The Kier molecular flexibility index (Phi) is 5.12. The number of carboxylic acid groups (broad SMARTS) is 1. The van der Waals surface area contributed by atoms with Gasteiger partial charge in [0.25, 0.3) is 0 Å². The summed E-state index contributed by atoms with van der Waals surface area (Å²) in [4.78, 5) is 22.8. The van der Waals surface area contributed by atoms with E-state index in [-0.39, 0.29) is 18.8 Å². The Labute approximate surface area is 154 Å². The van der Waals surface area contributed by atoms with E-state index in [0.717, 1.165) is 28.8 Å². The van der Waals surface area contributed by atoms with Crippen molar-refractivity contribution in [1.82, 2.24) is 9.88 Å². The number of hydrogen-bond donors (Lipinski definition) is 1. The van der Waals surface area contributed by atoms with E-state index in [1.807, 2.05) is 0 Å². The predicted octanol–water partition coefficient (Wildman–Crippen LogP) is 3.35. The number of thiazole rings is 1. The lowest BCUT2D eigenvalue weighted by Crippen LogP contribution is -2.38. The van der Waals surface area contributed by atoms with E-state index in [9.17, 15) is 4.79 Å². The van der Waals surface area contributed by atoms with Gasteiger partial charge < -0.3 is 10.0 Å². The quantitative estimate of drug-likeness (QED) is 0.883. The van der Waals surface area contributed by atoms with Gasteiger partial charge in [0.05, 0.1) is 6.42 Å². The lowest BCUT2D eigenvalue weighted by Gasteiger charge is -2.32. The largest absolute Gasteiger partial charge is 0.481 e. The van der Waals surface area contributed by atoms with Crippen LogP contribution in [0.15, 0.2) is 35.5 Å². The molecule has 1 aromatic heterocycles. The molecule has 0 saturated carbocycles. The van der Waals surface area contributed by atoms with E-state index < -0.39 is 5.97 Å². The molecule has 1 atom stereocenters. The Bertz CT molecular complexity index is 793. The molecule has 2 aliphatic rings. The number of fused-ring (bicyclic) bond motifs is 2. The lowest BCUT2D eigenvalue weighted by atomic mass is 9.95. The fourth-order valence-electron chi connectivity index (χ4n) is 2.97. The third-order valence-electron chi connectivity index (χ3n) is 4.06. The summed E-state index contributed by atoms with van der Waals surface area (Å²) in [6.45, 7) is 0.889. The average Bonchev–Trinajstić information content (AvgIpc) is 3.12. The van der Waals surface area contributed by atoms with E-state index in [0.29, 0.717) is 11.2 Å². The summed E-state index contributed by atoms with van der Waals surface area (Å²) in [5, 5.41) is 10.5. The number of rotatable bonds is 3. The smallest absolute Gasteiger partial charge is 0.308 e. The Balaban J connectivity index is 0.00000169. The third kappa shape index (κ3) is 3.43. The number of halogens is 1. The SMILES string of the molecule is Cl.O=C(O)Cc1cnc(N=C2SC[C@@H]3Cc4ccccc4CN23)s1. The Morgan fingerprint density at radius 3 is 2.96 bits per heavy atom. The molecule has 0 bridgehead atoms. The van der Waals surface area contributed by atoms with Crippen LogP contribution in [0, 0.1) is 0 Å². The molecule has 126 valence electrons. The number of amidine groups is 1. The highest BCUT2D eigenvalue weighted by atomic mass is 35.5. The summed E-state index contributed by atoms with van der Waals surface area (Å²) in [6.07, 6.45) is 2.68. The molecule has 3 heterocycles. The van der Waals surface area contributed by atoms with Gasteiger partial charge in [-0.15, -0.1) is 12.4 Å². The number of thioether (sulfide) groups is 1. The first kappa shape index (κ1) is 17.3. The second-order valence-corrected chi connectivity index (χ2v) is 7.72. The van der Waals surface area contributed by atoms with Gasteiger partial charge in [-0.1, -0.05) is 47.4 Å². The molecule has 0 spiro atoms. The molecule has 4 rings (SSSR count). The fourth-order valence-corrected chi connectivity index (χ4v) is 4.97. The summed E-state index contributed by atoms with van der Waals surface area (Å²) < 4.78 is 0. The zero-order chi connectivity index (χ0) is 15.8. The van der Waals surface area contributed by atoms with Crippen LogP contribution < -0.4 is 0 Å². The van der Waals surface area contributed by atoms with Crippen molar-refractivity contribution in [3.05, 3.63) is 46.5 Å². The fraction of sp³-hybridized carbons (Fsp3) is 0.312. The molecule has 2 aliphatic heterocycles. The Morgan fingerprint density at radius 1 is 1.38 bits per heavy atom. The third-order valence-corrected chi connectivity index (χ3v) is 6.09. The minimum Gasteiger partial charge on any atom is -0.481 e. The summed E-state index contributed by atoms with van der Waals surface area (Å²) in [5.41, 5.74) is 2.80. The maximum atomic E-state index is 10.8. The molecule has 0 aliphatic carbocycles. The first-order chi connectivity index (χ1) is 11.2. The van der Waals surface area contributed by atoms with Gasteiger partial charge in [-0.2, -0.15) is 4.99 Å². The Hall–Kier alpha value is -1.57. The molecule has 0 unspecified atom stereocenters. The number of aromatic nitrogens is 1. The second kappa shape index (κ2) is 7.13. The highest BCUT2D eigenvalue weighted by molar-refractivity contribution is 8.14. The zero-order valence-electron chi connectivity index (χ0n) is 12.7. The summed E-state index contributed by atoms with van der Waals surface area (Å²) in [5.74, 6) is 0.205. The van der Waals surface area contributed by atoms with Crippen molar-refractivity contribution >= 4 is 51.8 Å². The number of aliphatic carboxylic acids is 1. The van der Waals surface area contributed by atoms with Gasteiger partial charge in [0.1, 0.15) is 0 Å². The summed E-state index contributed by atoms with van der Waals surface area (Å²) in [7, 11) is 0. The number of carbonyl (C=O) groups is 1. The summed E-state index contributed by atoms with van der Waals surface area (Å²) >= 11 is 3.12. The van der Waals surface area contributed by atoms with E-state index in [2.05, 4.69) is 39.1 Å². The van der Waals surface area contributed by atoms with Crippen molar-refractivity contribution in [2.24, 2.45) is 4.99 Å². The molecule has 24 heavy (non-hydrogen) atoms. The standard InChI is InChI=1S/C16H15N3O2S2.ClH/c20-14(21)6-13-7-17-15(23-13)18-16-19-8-11-4-2-1-3-10(11)5-12(19)9-22-16;/h1-4,7,12H,5-6,8-9H2,(H,20,21);1H/t12-;/m0./s1. The van der Waals surface area contributed by atoms with Gasteiger partial charge in [0, 0.05) is 29.4 Å².